The van der Waals surface area contributed by atoms with Gasteiger partial charge in [0.05, 0.1) is 0 Å². The van der Waals surface area contributed by atoms with Crippen molar-refractivity contribution in [2.45, 2.75) is 97.5 Å². The minimum Gasteiger partial charge on any atom is -0.456 e. The number of ketones is 1. The molecule has 1 rings (SSSR count). The fourth-order valence-corrected chi connectivity index (χ4v) is 2.86. The van der Waals surface area contributed by atoms with E-state index in [1.54, 1.807) is 6.07 Å². The van der Waals surface area contributed by atoms with Gasteiger partial charge in [0.1, 0.15) is 12.4 Å². The molecule has 1 aromatic heterocycles. The average molecular weight is 337 g/mol. The van der Waals surface area contributed by atoms with E-state index in [-0.39, 0.29) is 5.78 Å². The Balaban J connectivity index is 1.81. The maximum Gasteiger partial charge on any atom is 0.194 e. The summed E-state index contributed by atoms with van der Waals surface area (Å²) in [6, 6.07) is 3.53. The van der Waals surface area contributed by atoms with E-state index in [1.807, 2.05) is 6.07 Å². The number of hydrogen-bond acceptors (Lipinski definition) is 3. The predicted octanol–water partition coefficient (Wildman–Crippen LogP) is 6.70. The Hall–Kier alpha value is -1.09. The monoisotopic (exact) mass is 336 g/mol. The first-order chi connectivity index (χ1) is 11.7. The van der Waals surface area contributed by atoms with Crippen LogP contribution in [0.1, 0.15) is 107 Å². The van der Waals surface area contributed by atoms with Crippen LogP contribution >= 0.6 is 0 Å². The van der Waals surface area contributed by atoms with Crippen LogP contribution < -0.4 is 0 Å². The summed E-state index contributed by atoms with van der Waals surface area (Å²) in [4.78, 5) is 11.1. The Bertz CT molecular complexity index is 422. The van der Waals surface area contributed by atoms with Gasteiger partial charge in [-0.1, -0.05) is 77.6 Å². The molecule has 3 heteroatoms. The fraction of sp³-hybridized carbons (Fsp3) is 0.762. The molecule has 0 spiro atoms. The molecule has 0 aliphatic carbocycles. The Morgan fingerprint density at radius 2 is 1.42 bits per heavy atom. The van der Waals surface area contributed by atoms with Crippen molar-refractivity contribution in [2.24, 2.45) is 0 Å². The Morgan fingerprint density at radius 3 is 1.92 bits per heavy atom. The van der Waals surface area contributed by atoms with E-state index in [9.17, 15) is 4.79 Å². The zero-order valence-corrected chi connectivity index (χ0v) is 15.8. The van der Waals surface area contributed by atoms with E-state index in [0.717, 1.165) is 18.8 Å². The molecule has 0 aliphatic heterocycles. The summed E-state index contributed by atoms with van der Waals surface area (Å²) in [5.74, 6) is 1.11. The highest BCUT2D eigenvalue weighted by atomic mass is 16.5. The van der Waals surface area contributed by atoms with Gasteiger partial charge in [-0.2, -0.15) is 0 Å². The molecule has 0 saturated carbocycles. The largest absolute Gasteiger partial charge is 0.456 e. The van der Waals surface area contributed by atoms with Gasteiger partial charge < -0.3 is 9.15 Å². The van der Waals surface area contributed by atoms with Gasteiger partial charge in [0.25, 0.3) is 0 Å². The lowest BCUT2D eigenvalue weighted by atomic mass is 10.1. The topological polar surface area (TPSA) is 39.4 Å². The summed E-state index contributed by atoms with van der Waals surface area (Å²) in [6.07, 6.45) is 16.2. The molecule has 138 valence electrons. The molecule has 0 amide bonds. The Labute approximate surface area is 148 Å². The second kappa shape index (κ2) is 14.3. The van der Waals surface area contributed by atoms with Crippen molar-refractivity contribution >= 4 is 5.78 Å². The quantitative estimate of drug-likeness (QED) is 0.249. The molecule has 0 N–H and O–H groups in total. The summed E-state index contributed by atoms with van der Waals surface area (Å²) in [5, 5.41) is 0. The van der Waals surface area contributed by atoms with Gasteiger partial charge in [-0.3, -0.25) is 4.79 Å². The van der Waals surface area contributed by atoms with Crippen molar-refractivity contribution in [3.05, 3.63) is 23.7 Å². The number of carbonyl (C=O) groups is 1. The third kappa shape index (κ3) is 10.6. The summed E-state index contributed by atoms with van der Waals surface area (Å²) < 4.78 is 11.0. The molecule has 3 nitrogen and oxygen atoms in total. The number of Topliss-reactive ketones (excluding diaryl/α,β-unsaturated/α-hetero) is 1. The summed E-state index contributed by atoms with van der Waals surface area (Å²) >= 11 is 0. The Kier molecular flexibility index (Phi) is 12.5. The Morgan fingerprint density at radius 1 is 0.875 bits per heavy atom. The average Bonchev–Trinajstić information content (AvgIpc) is 3.04. The molecule has 0 unspecified atom stereocenters. The van der Waals surface area contributed by atoms with Crippen LogP contribution in [0, 0.1) is 0 Å². The third-order valence-corrected chi connectivity index (χ3v) is 4.40. The van der Waals surface area contributed by atoms with Crippen molar-refractivity contribution in [1.29, 1.82) is 0 Å². The molecule has 0 fully saturated rings. The van der Waals surface area contributed by atoms with Gasteiger partial charge in [0, 0.05) is 13.5 Å². The second-order valence-electron chi connectivity index (χ2n) is 6.76. The van der Waals surface area contributed by atoms with Gasteiger partial charge in [0.15, 0.2) is 11.5 Å². The molecular formula is C21H36O3. The third-order valence-electron chi connectivity index (χ3n) is 4.40. The highest BCUT2D eigenvalue weighted by molar-refractivity contribution is 5.91. The normalized spacial score (nSPS) is 11.1. The maximum absolute atomic E-state index is 11.1. The number of unbranched alkanes of at least 4 members (excludes halogenated alkanes) is 11. The van der Waals surface area contributed by atoms with E-state index in [1.165, 1.54) is 77.6 Å². The van der Waals surface area contributed by atoms with Crippen LogP contribution in [-0.2, 0) is 11.3 Å². The molecule has 1 heterocycles. The number of furan rings is 1. The standard InChI is InChI=1S/C21H36O3/c1-3-4-5-6-7-8-9-10-11-12-13-14-17-23-18-20-15-16-21(24-20)19(2)22/h15-16H,3-14,17-18H2,1-2H3. The lowest BCUT2D eigenvalue weighted by molar-refractivity contribution is 0.0934. The number of hydrogen-bond donors (Lipinski definition) is 0. The van der Waals surface area contributed by atoms with E-state index in [2.05, 4.69) is 6.92 Å². The van der Waals surface area contributed by atoms with Crippen molar-refractivity contribution in [3.8, 4) is 0 Å². The minimum atomic E-state index is -0.0396. The molecule has 24 heavy (non-hydrogen) atoms. The van der Waals surface area contributed by atoms with Crippen LogP contribution in [0.25, 0.3) is 0 Å². The molecule has 0 atom stereocenters. The van der Waals surface area contributed by atoms with Crippen LogP contribution in [0.2, 0.25) is 0 Å². The molecule has 1 aromatic rings. The van der Waals surface area contributed by atoms with Gasteiger partial charge in [-0.15, -0.1) is 0 Å². The maximum atomic E-state index is 11.1. The molecule has 0 bridgehead atoms. The first-order valence-electron chi connectivity index (χ1n) is 9.91. The lowest BCUT2D eigenvalue weighted by Gasteiger charge is -2.04. The summed E-state index contributed by atoms with van der Waals surface area (Å²) in [5.41, 5.74) is 0. The van der Waals surface area contributed by atoms with Gasteiger partial charge in [-0.25, -0.2) is 0 Å². The number of carbonyl (C=O) groups excluding carboxylic acids is 1. The van der Waals surface area contributed by atoms with Crippen LogP contribution in [0.5, 0.6) is 0 Å². The predicted molar refractivity (Wildman–Crippen MR) is 99.4 cm³/mol. The van der Waals surface area contributed by atoms with Crippen LogP contribution in [-0.4, -0.2) is 12.4 Å². The van der Waals surface area contributed by atoms with E-state index in [0.29, 0.717) is 12.4 Å². The molecular weight excluding hydrogens is 300 g/mol. The van der Waals surface area contributed by atoms with Crippen molar-refractivity contribution in [3.63, 3.8) is 0 Å². The summed E-state index contributed by atoms with van der Waals surface area (Å²) in [7, 11) is 0. The van der Waals surface area contributed by atoms with E-state index >= 15 is 0 Å². The number of ether oxygens (including phenoxy) is 1. The zero-order chi connectivity index (χ0) is 17.5. The SMILES string of the molecule is CCCCCCCCCCCCCCOCc1ccc(C(C)=O)o1. The smallest absolute Gasteiger partial charge is 0.194 e. The zero-order valence-electron chi connectivity index (χ0n) is 15.8. The first kappa shape index (κ1) is 21.0. The van der Waals surface area contributed by atoms with Gasteiger partial charge in [-0.05, 0) is 18.6 Å². The lowest BCUT2D eigenvalue weighted by Crippen LogP contribution is -1.95. The van der Waals surface area contributed by atoms with Crippen molar-refractivity contribution < 1.29 is 13.9 Å². The van der Waals surface area contributed by atoms with Gasteiger partial charge in [0.2, 0.25) is 0 Å². The van der Waals surface area contributed by atoms with Crippen LogP contribution in [0.3, 0.4) is 0 Å². The first-order valence-corrected chi connectivity index (χ1v) is 9.91. The highest BCUT2D eigenvalue weighted by Gasteiger charge is 2.05. The number of rotatable bonds is 16. The van der Waals surface area contributed by atoms with Crippen LogP contribution in [0.4, 0.5) is 0 Å². The van der Waals surface area contributed by atoms with E-state index < -0.39 is 0 Å². The molecule has 0 radical (unpaired) electrons. The van der Waals surface area contributed by atoms with Crippen molar-refractivity contribution in [2.75, 3.05) is 6.61 Å². The molecule has 0 aliphatic rings. The summed E-state index contributed by atoms with van der Waals surface area (Å²) in [6.45, 7) is 5.02. The minimum absolute atomic E-state index is 0.0396. The van der Waals surface area contributed by atoms with Crippen LogP contribution in [0.15, 0.2) is 16.5 Å². The fourth-order valence-electron chi connectivity index (χ4n) is 2.86. The highest BCUT2D eigenvalue weighted by Crippen LogP contribution is 2.13. The van der Waals surface area contributed by atoms with Gasteiger partial charge >= 0.3 is 0 Å². The van der Waals surface area contributed by atoms with E-state index in [4.69, 9.17) is 9.15 Å². The molecule has 0 saturated heterocycles. The second-order valence-corrected chi connectivity index (χ2v) is 6.76. The molecule has 0 aromatic carbocycles. The van der Waals surface area contributed by atoms with Crippen molar-refractivity contribution in [1.82, 2.24) is 0 Å².